The van der Waals surface area contributed by atoms with Gasteiger partial charge in [-0.15, -0.1) is 0 Å². The number of hydrogen-bond donors (Lipinski definition) is 0. The fraction of sp³-hybridized carbons (Fsp3) is 0.278. The summed E-state index contributed by atoms with van der Waals surface area (Å²) in [4.78, 5) is 12.6. The molecule has 0 radical (unpaired) electrons. The molecule has 0 heterocycles. The van der Waals surface area contributed by atoms with E-state index in [1.807, 2.05) is 13.0 Å². The van der Waals surface area contributed by atoms with E-state index >= 15 is 0 Å². The van der Waals surface area contributed by atoms with Crippen LogP contribution >= 0.6 is 0 Å². The lowest BCUT2D eigenvalue weighted by Gasteiger charge is -2.12. The molecule has 2 aromatic rings. The molecule has 0 saturated carbocycles. The lowest BCUT2D eigenvalue weighted by atomic mass is 9.91. The highest BCUT2D eigenvalue weighted by Crippen LogP contribution is 2.40. The van der Waals surface area contributed by atoms with Gasteiger partial charge in [0.1, 0.15) is 0 Å². The molecule has 0 aromatic heterocycles. The predicted octanol–water partition coefficient (Wildman–Crippen LogP) is 4.39. The van der Waals surface area contributed by atoms with Gasteiger partial charge in [-0.05, 0) is 61.1 Å². The van der Waals surface area contributed by atoms with Crippen molar-refractivity contribution in [3.63, 3.8) is 0 Å². The zero-order valence-corrected chi connectivity index (χ0v) is 11.9. The fourth-order valence-electron chi connectivity index (χ4n) is 3.29. The summed E-state index contributed by atoms with van der Waals surface area (Å²) in [5.74, 6) is 0.195. The van der Waals surface area contributed by atoms with Gasteiger partial charge in [-0.2, -0.15) is 0 Å². The van der Waals surface area contributed by atoms with Crippen LogP contribution in [0, 0.1) is 20.8 Å². The number of fused-ring (bicyclic) bond motifs is 3. The number of carbonyl (C=O) groups excluding carboxylic acids is 1. The van der Waals surface area contributed by atoms with E-state index in [9.17, 15) is 4.79 Å². The maximum Gasteiger partial charge on any atom is 0.194 e. The summed E-state index contributed by atoms with van der Waals surface area (Å²) in [6.07, 6.45) is 0.980. The first kappa shape index (κ1) is 12.2. The van der Waals surface area contributed by atoms with Crippen molar-refractivity contribution in [3.05, 3.63) is 57.6 Å². The van der Waals surface area contributed by atoms with E-state index in [4.69, 9.17) is 0 Å². The maximum atomic E-state index is 12.6. The van der Waals surface area contributed by atoms with Gasteiger partial charge in [0.25, 0.3) is 0 Å². The highest BCUT2D eigenvalue weighted by molar-refractivity contribution is 6.22. The van der Waals surface area contributed by atoms with E-state index in [0.717, 1.165) is 39.8 Å². The second-order valence-corrected chi connectivity index (χ2v) is 5.45. The molecule has 0 unspecified atom stereocenters. The van der Waals surface area contributed by atoms with Gasteiger partial charge in [0.2, 0.25) is 0 Å². The van der Waals surface area contributed by atoms with Crippen LogP contribution in [0.25, 0.3) is 11.1 Å². The van der Waals surface area contributed by atoms with Crippen molar-refractivity contribution in [1.82, 2.24) is 0 Å². The van der Waals surface area contributed by atoms with E-state index in [-0.39, 0.29) is 5.78 Å². The normalized spacial score (nSPS) is 12.5. The number of benzene rings is 2. The van der Waals surface area contributed by atoms with Crippen LogP contribution in [0.5, 0.6) is 0 Å². The molecule has 0 atom stereocenters. The van der Waals surface area contributed by atoms with Gasteiger partial charge < -0.3 is 0 Å². The first-order valence-electron chi connectivity index (χ1n) is 6.83. The third-order valence-corrected chi connectivity index (χ3v) is 4.22. The van der Waals surface area contributed by atoms with Crippen LogP contribution in [0.2, 0.25) is 0 Å². The van der Waals surface area contributed by atoms with E-state index in [2.05, 4.69) is 39.0 Å². The average molecular weight is 250 g/mol. The lowest BCUT2D eigenvalue weighted by Crippen LogP contribution is -2.02. The molecule has 0 N–H and O–H groups in total. The predicted molar refractivity (Wildman–Crippen MR) is 78.9 cm³/mol. The van der Waals surface area contributed by atoms with Gasteiger partial charge in [0, 0.05) is 11.1 Å². The molecule has 3 rings (SSSR count). The van der Waals surface area contributed by atoms with Gasteiger partial charge in [0.05, 0.1) is 0 Å². The topological polar surface area (TPSA) is 17.1 Å². The Balaban J connectivity index is 2.37. The van der Waals surface area contributed by atoms with Gasteiger partial charge in [-0.25, -0.2) is 0 Å². The van der Waals surface area contributed by atoms with E-state index < -0.39 is 0 Å². The summed E-state index contributed by atoms with van der Waals surface area (Å²) < 4.78 is 0. The molecular weight excluding hydrogens is 232 g/mol. The van der Waals surface area contributed by atoms with Crippen molar-refractivity contribution in [2.75, 3.05) is 0 Å². The molecule has 1 nitrogen and oxygen atoms in total. The smallest absolute Gasteiger partial charge is 0.194 e. The molecule has 0 spiro atoms. The van der Waals surface area contributed by atoms with Crippen molar-refractivity contribution < 1.29 is 4.79 Å². The second kappa shape index (κ2) is 4.06. The van der Waals surface area contributed by atoms with E-state index in [0.29, 0.717) is 0 Å². The first-order chi connectivity index (χ1) is 9.04. The number of aryl methyl sites for hydroxylation is 2. The summed E-state index contributed by atoms with van der Waals surface area (Å²) in [5.41, 5.74) is 8.92. The van der Waals surface area contributed by atoms with E-state index in [1.54, 1.807) is 0 Å². The van der Waals surface area contributed by atoms with E-state index in [1.165, 1.54) is 11.1 Å². The van der Waals surface area contributed by atoms with Crippen molar-refractivity contribution in [1.29, 1.82) is 0 Å². The van der Waals surface area contributed by atoms with Crippen LogP contribution in [0.15, 0.2) is 24.3 Å². The standard InChI is InChI=1S/C18H18O/c1-5-13-11(3)9-15-14-7-6-10(2)8-16(14)18(19)17(15)12(13)4/h6-9H,5H2,1-4H3. The molecular formula is C18H18O. The molecule has 0 bridgehead atoms. The zero-order valence-electron chi connectivity index (χ0n) is 11.9. The minimum Gasteiger partial charge on any atom is -0.289 e. The van der Waals surface area contributed by atoms with Crippen LogP contribution in [0.4, 0.5) is 0 Å². The zero-order chi connectivity index (χ0) is 13.7. The Morgan fingerprint density at radius 1 is 0.947 bits per heavy atom. The number of hydrogen-bond acceptors (Lipinski definition) is 1. The molecule has 1 aliphatic rings. The third-order valence-electron chi connectivity index (χ3n) is 4.22. The monoisotopic (exact) mass is 250 g/mol. The van der Waals surface area contributed by atoms with Gasteiger partial charge in [-0.3, -0.25) is 4.79 Å². The average Bonchev–Trinajstić information content (AvgIpc) is 2.63. The fourth-order valence-corrected chi connectivity index (χ4v) is 3.29. The lowest BCUT2D eigenvalue weighted by molar-refractivity contribution is 0.104. The second-order valence-electron chi connectivity index (χ2n) is 5.45. The Morgan fingerprint density at radius 3 is 2.37 bits per heavy atom. The molecule has 0 saturated heterocycles. The van der Waals surface area contributed by atoms with Gasteiger partial charge in [-0.1, -0.05) is 30.7 Å². The molecule has 1 heteroatoms. The van der Waals surface area contributed by atoms with Crippen molar-refractivity contribution >= 4 is 5.78 Å². The quantitative estimate of drug-likeness (QED) is 0.626. The Hall–Kier alpha value is -1.89. The molecule has 19 heavy (non-hydrogen) atoms. The minimum atomic E-state index is 0.195. The maximum absolute atomic E-state index is 12.6. The van der Waals surface area contributed by atoms with Gasteiger partial charge >= 0.3 is 0 Å². The van der Waals surface area contributed by atoms with Crippen molar-refractivity contribution in [3.8, 4) is 11.1 Å². The minimum absolute atomic E-state index is 0.195. The molecule has 96 valence electrons. The van der Waals surface area contributed by atoms with Crippen molar-refractivity contribution in [2.45, 2.75) is 34.1 Å². The summed E-state index contributed by atoms with van der Waals surface area (Å²) in [5, 5.41) is 0. The van der Waals surface area contributed by atoms with Gasteiger partial charge in [0.15, 0.2) is 5.78 Å². The summed E-state index contributed by atoms with van der Waals surface area (Å²) in [6, 6.07) is 8.36. The highest BCUT2D eigenvalue weighted by atomic mass is 16.1. The Labute approximate surface area is 114 Å². The first-order valence-corrected chi connectivity index (χ1v) is 6.83. The molecule has 0 aliphatic heterocycles. The third kappa shape index (κ3) is 1.58. The summed E-state index contributed by atoms with van der Waals surface area (Å²) >= 11 is 0. The number of carbonyl (C=O) groups is 1. The Bertz CT molecular complexity index is 708. The van der Waals surface area contributed by atoms with Crippen LogP contribution < -0.4 is 0 Å². The largest absolute Gasteiger partial charge is 0.289 e. The molecule has 0 fully saturated rings. The number of ketones is 1. The van der Waals surface area contributed by atoms with Crippen LogP contribution in [-0.2, 0) is 6.42 Å². The van der Waals surface area contributed by atoms with Crippen LogP contribution in [-0.4, -0.2) is 5.78 Å². The van der Waals surface area contributed by atoms with Crippen LogP contribution in [0.1, 0.15) is 45.1 Å². The summed E-state index contributed by atoms with van der Waals surface area (Å²) in [6.45, 7) is 8.41. The Morgan fingerprint density at radius 2 is 1.68 bits per heavy atom. The molecule has 1 aliphatic carbocycles. The highest BCUT2D eigenvalue weighted by Gasteiger charge is 2.29. The van der Waals surface area contributed by atoms with Crippen molar-refractivity contribution in [2.24, 2.45) is 0 Å². The molecule has 0 amide bonds. The van der Waals surface area contributed by atoms with Crippen LogP contribution in [0.3, 0.4) is 0 Å². The Kier molecular flexibility index (Phi) is 2.60. The number of rotatable bonds is 1. The molecule has 2 aromatic carbocycles. The SMILES string of the molecule is CCc1c(C)cc2c(c1C)C(=O)c1cc(C)ccc1-2. The summed E-state index contributed by atoms with van der Waals surface area (Å²) in [7, 11) is 0.